The number of imidazole rings is 1. The summed E-state index contributed by atoms with van der Waals surface area (Å²) in [5.74, 6) is -1.56. The van der Waals surface area contributed by atoms with Crippen molar-refractivity contribution >= 4 is 28.8 Å². The standard InChI is InChI=1S/C16H21N5O5/c1-4-9-8(5-22)11(23)15(26-9)21-6-17-10-12(21)18-16(20-14(10)25)19-13(24)7(2)3/h6-9,15,22H,4-5H2,1-3H3,(H2,18,19,20,24,25)/t8-,9-,15-/m1/s1. The Kier molecular flexibility index (Phi) is 4.88. The van der Waals surface area contributed by atoms with Crippen LogP contribution in [0.5, 0.6) is 0 Å². The van der Waals surface area contributed by atoms with Crippen molar-refractivity contribution in [2.75, 3.05) is 11.9 Å². The Morgan fingerprint density at radius 3 is 2.77 bits per heavy atom. The molecule has 10 nitrogen and oxygen atoms in total. The number of aliphatic hydroxyl groups is 1. The summed E-state index contributed by atoms with van der Waals surface area (Å²) in [6.45, 7) is 4.96. The minimum atomic E-state index is -1.02. The Morgan fingerprint density at radius 1 is 1.46 bits per heavy atom. The molecule has 1 saturated heterocycles. The van der Waals surface area contributed by atoms with E-state index in [0.717, 1.165) is 0 Å². The van der Waals surface area contributed by atoms with Crippen LogP contribution in [0.2, 0.25) is 0 Å². The van der Waals surface area contributed by atoms with E-state index >= 15 is 0 Å². The quantitative estimate of drug-likeness (QED) is 0.689. The number of hydrogen-bond acceptors (Lipinski definition) is 7. The van der Waals surface area contributed by atoms with Crippen LogP contribution in [0.4, 0.5) is 5.95 Å². The zero-order chi connectivity index (χ0) is 19.0. The number of carbonyl (C=O) groups excluding carboxylic acids is 2. The molecule has 0 aromatic carbocycles. The Morgan fingerprint density at radius 2 is 2.19 bits per heavy atom. The predicted octanol–water partition coefficient (Wildman–Crippen LogP) is 0.199. The number of aromatic amines is 1. The summed E-state index contributed by atoms with van der Waals surface area (Å²) >= 11 is 0. The average Bonchev–Trinajstić information content (AvgIpc) is 3.15. The highest BCUT2D eigenvalue weighted by atomic mass is 16.5. The van der Waals surface area contributed by atoms with E-state index in [-0.39, 0.29) is 41.3 Å². The number of carbonyl (C=O) groups is 2. The van der Waals surface area contributed by atoms with Crippen molar-refractivity contribution in [3.63, 3.8) is 0 Å². The van der Waals surface area contributed by atoms with Gasteiger partial charge in [0.15, 0.2) is 23.2 Å². The average molecular weight is 363 g/mol. The molecule has 26 heavy (non-hydrogen) atoms. The molecule has 2 aromatic heterocycles. The molecule has 0 aliphatic carbocycles. The molecule has 2 aromatic rings. The first kappa shape index (κ1) is 18.2. The van der Waals surface area contributed by atoms with Crippen LogP contribution in [0.15, 0.2) is 11.1 Å². The van der Waals surface area contributed by atoms with Gasteiger partial charge in [-0.1, -0.05) is 20.8 Å². The van der Waals surface area contributed by atoms with E-state index in [1.54, 1.807) is 13.8 Å². The zero-order valence-electron chi connectivity index (χ0n) is 14.7. The Bertz CT molecular complexity index is 902. The second kappa shape index (κ2) is 6.96. The topological polar surface area (TPSA) is 139 Å². The number of aromatic nitrogens is 4. The molecule has 3 rings (SSSR count). The number of Topliss-reactive ketones (excluding diaryl/α,β-unsaturated/α-hetero) is 1. The molecule has 1 fully saturated rings. The van der Waals surface area contributed by atoms with Gasteiger partial charge in [-0.25, -0.2) is 4.98 Å². The third kappa shape index (κ3) is 3.01. The highest BCUT2D eigenvalue weighted by Crippen LogP contribution is 2.32. The second-order valence-corrected chi connectivity index (χ2v) is 6.51. The minimum Gasteiger partial charge on any atom is -0.396 e. The summed E-state index contributed by atoms with van der Waals surface area (Å²) < 4.78 is 7.11. The first-order valence-corrected chi connectivity index (χ1v) is 8.45. The van der Waals surface area contributed by atoms with Crippen LogP contribution in [-0.2, 0) is 14.3 Å². The van der Waals surface area contributed by atoms with Gasteiger partial charge in [-0.2, -0.15) is 4.98 Å². The number of hydrogen-bond donors (Lipinski definition) is 3. The van der Waals surface area contributed by atoms with Crippen molar-refractivity contribution in [2.45, 2.75) is 39.5 Å². The molecule has 1 aliphatic rings. The molecule has 0 unspecified atom stereocenters. The number of nitrogens with zero attached hydrogens (tertiary/aromatic N) is 3. The summed E-state index contributed by atoms with van der Waals surface area (Å²) in [5, 5.41) is 12.0. The van der Waals surface area contributed by atoms with Gasteiger partial charge in [0.1, 0.15) is 0 Å². The number of fused-ring (bicyclic) bond motifs is 1. The van der Waals surface area contributed by atoms with E-state index in [2.05, 4.69) is 20.3 Å². The van der Waals surface area contributed by atoms with Crippen molar-refractivity contribution in [2.24, 2.45) is 11.8 Å². The van der Waals surface area contributed by atoms with E-state index in [4.69, 9.17) is 4.74 Å². The predicted molar refractivity (Wildman–Crippen MR) is 91.4 cm³/mol. The zero-order valence-corrected chi connectivity index (χ0v) is 14.7. The van der Waals surface area contributed by atoms with E-state index in [0.29, 0.717) is 6.42 Å². The van der Waals surface area contributed by atoms with Gasteiger partial charge >= 0.3 is 0 Å². The third-order valence-corrected chi connectivity index (χ3v) is 4.41. The lowest BCUT2D eigenvalue weighted by Crippen LogP contribution is -2.25. The van der Waals surface area contributed by atoms with Gasteiger partial charge in [0.05, 0.1) is 25.0 Å². The molecule has 140 valence electrons. The molecule has 3 heterocycles. The smallest absolute Gasteiger partial charge is 0.280 e. The lowest BCUT2D eigenvalue weighted by Gasteiger charge is -2.13. The highest BCUT2D eigenvalue weighted by molar-refractivity contribution is 5.91. The van der Waals surface area contributed by atoms with Crippen LogP contribution >= 0.6 is 0 Å². The fraction of sp³-hybridized carbons (Fsp3) is 0.562. The van der Waals surface area contributed by atoms with E-state index in [1.165, 1.54) is 10.9 Å². The van der Waals surface area contributed by atoms with E-state index < -0.39 is 23.8 Å². The molecule has 0 bridgehead atoms. The third-order valence-electron chi connectivity index (χ3n) is 4.41. The van der Waals surface area contributed by atoms with Gasteiger partial charge in [0, 0.05) is 5.92 Å². The van der Waals surface area contributed by atoms with Gasteiger partial charge in [-0.15, -0.1) is 0 Å². The molecule has 3 atom stereocenters. The minimum absolute atomic E-state index is 0.0286. The van der Waals surface area contributed by atoms with Crippen LogP contribution in [0, 0.1) is 11.8 Å². The van der Waals surface area contributed by atoms with E-state index in [1.807, 2.05) is 6.92 Å². The lowest BCUT2D eigenvalue weighted by atomic mass is 9.99. The maximum absolute atomic E-state index is 12.6. The molecular weight excluding hydrogens is 342 g/mol. The van der Waals surface area contributed by atoms with Gasteiger partial charge in [-0.05, 0) is 6.42 Å². The SMILES string of the molecule is CC[C@H]1O[C@@H](n2cnc3c(=O)[nH]c(NC(=O)C(C)C)nc32)C(=O)[C@@H]1CO. The number of ketones is 1. The molecule has 1 amide bonds. The summed E-state index contributed by atoms with van der Waals surface area (Å²) in [6.07, 6.45) is 0.418. The summed E-state index contributed by atoms with van der Waals surface area (Å²) in [6, 6.07) is 0. The van der Waals surface area contributed by atoms with Gasteiger partial charge < -0.3 is 9.84 Å². The Hall–Kier alpha value is -2.59. The fourth-order valence-electron chi connectivity index (χ4n) is 2.90. The number of rotatable bonds is 5. The van der Waals surface area contributed by atoms with Crippen molar-refractivity contribution in [3.8, 4) is 0 Å². The molecule has 0 saturated carbocycles. The Balaban J connectivity index is 2.02. The Labute approximate surface area is 148 Å². The molecule has 3 N–H and O–H groups in total. The van der Waals surface area contributed by atoms with Crippen LogP contribution in [0.3, 0.4) is 0 Å². The maximum atomic E-state index is 12.6. The van der Waals surface area contributed by atoms with Crippen molar-refractivity contribution in [1.29, 1.82) is 0 Å². The number of nitrogens with one attached hydrogen (secondary N) is 2. The van der Waals surface area contributed by atoms with Crippen LogP contribution < -0.4 is 10.9 Å². The summed E-state index contributed by atoms with van der Waals surface area (Å²) in [4.78, 5) is 47.3. The van der Waals surface area contributed by atoms with Crippen LogP contribution in [-0.4, -0.2) is 49.0 Å². The fourth-order valence-corrected chi connectivity index (χ4v) is 2.90. The molecule has 0 spiro atoms. The number of H-pyrrole nitrogens is 1. The highest BCUT2D eigenvalue weighted by Gasteiger charge is 2.43. The lowest BCUT2D eigenvalue weighted by molar-refractivity contribution is -0.128. The molecule has 10 heteroatoms. The van der Waals surface area contributed by atoms with E-state index in [9.17, 15) is 19.5 Å². The number of aliphatic hydroxyl groups excluding tert-OH is 1. The van der Waals surface area contributed by atoms with Gasteiger partial charge in [0.25, 0.3) is 5.56 Å². The second-order valence-electron chi connectivity index (χ2n) is 6.51. The maximum Gasteiger partial charge on any atom is 0.280 e. The van der Waals surface area contributed by atoms with Crippen molar-refractivity contribution in [1.82, 2.24) is 19.5 Å². The first-order chi connectivity index (χ1) is 12.4. The van der Waals surface area contributed by atoms with Gasteiger partial charge in [0.2, 0.25) is 11.9 Å². The monoisotopic (exact) mass is 363 g/mol. The largest absolute Gasteiger partial charge is 0.396 e. The van der Waals surface area contributed by atoms with Crippen LogP contribution in [0.1, 0.15) is 33.4 Å². The molecule has 1 aliphatic heterocycles. The number of anilines is 1. The normalized spacial score (nSPS) is 23.1. The molecule has 0 radical (unpaired) electrons. The van der Waals surface area contributed by atoms with Crippen molar-refractivity contribution < 1.29 is 19.4 Å². The summed E-state index contributed by atoms with van der Waals surface area (Å²) in [7, 11) is 0. The number of amides is 1. The van der Waals surface area contributed by atoms with Crippen LogP contribution in [0.25, 0.3) is 11.2 Å². The van der Waals surface area contributed by atoms with Gasteiger partial charge in [-0.3, -0.25) is 29.3 Å². The summed E-state index contributed by atoms with van der Waals surface area (Å²) in [5.41, 5.74) is -0.381. The van der Waals surface area contributed by atoms with Crippen molar-refractivity contribution in [3.05, 3.63) is 16.7 Å². The molecular formula is C16H21N5O5. The first-order valence-electron chi connectivity index (χ1n) is 8.45. The number of ether oxygens (including phenoxy) is 1.